The molecule has 3 rings (SSSR count). The number of piperidine rings is 1. The monoisotopic (exact) mass is 290 g/mol. The Labute approximate surface area is 125 Å². The van der Waals surface area contributed by atoms with E-state index in [9.17, 15) is 0 Å². The van der Waals surface area contributed by atoms with Crippen molar-refractivity contribution in [1.29, 1.82) is 0 Å². The smallest absolute Gasteiger partial charge is 0.134 e. The number of nitrogens with zero attached hydrogens (tertiary/aromatic N) is 2. The molecule has 114 valence electrons. The zero-order chi connectivity index (χ0) is 14.7. The van der Waals surface area contributed by atoms with Crippen molar-refractivity contribution in [3.63, 3.8) is 0 Å². The molecule has 0 aliphatic carbocycles. The Kier molecular flexibility index (Phi) is 4.29. The summed E-state index contributed by atoms with van der Waals surface area (Å²) in [6.45, 7) is 2.23. The molecule has 2 heterocycles. The van der Waals surface area contributed by atoms with Crippen molar-refractivity contribution in [1.82, 2.24) is 4.90 Å². The van der Waals surface area contributed by atoms with Crippen molar-refractivity contribution in [3.8, 4) is 11.5 Å². The van der Waals surface area contributed by atoms with Gasteiger partial charge in [-0.25, -0.2) is 0 Å². The molecule has 1 unspecified atom stereocenters. The predicted octanol–water partition coefficient (Wildman–Crippen LogP) is 2.51. The summed E-state index contributed by atoms with van der Waals surface area (Å²) in [6.07, 6.45) is 4.96. The van der Waals surface area contributed by atoms with E-state index in [4.69, 9.17) is 14.7 Å². The lowest BCUT2D eigenvalue weighted by Crippen LogP contribution is -2.37. The first-order valence-electron chi connectivity index (χ1n) is 7.59. The van der Waals surface area contributed by atoms with Crippen LogP contribution in [-0.2, 0) is 0 Å². The number of oxime groups is 1. The molecule has 0 spiro atoms. The van der Waals surface area contributed by atoms with Gasteiger partial charge < -0.3 is 19.6 Å². The lowest BCUT2D eigenvalue weighted by atomic mass is 10.0. The molecule has 0 bridgehead atoms. The largest absolute Gasteiger partial charge is 0.493 e. The highest BCUT2D eigenvalue weighted by molar-refractivity contribution is 6.05. The third-order valence-electron chi connectivity index (χ3n) is 4.39. The fourth-order valence-corrected chi connectivity index (χ4v) is 3.08. The Balaban J connectivity index is 1.54. The van der Waals surface area contributed by atoms with Gasteiger partial charge >= 0.3 is 0 Å². The molecular formula is C16H22N2O3. The van der Waals surface area contributed by atoms with Gasteiger partial charge in [-0.2, -0.15) is 0 Å². The van der Waals surface area contributed by atoms with Crippen LogP contribution >= 0.6 is 0 Å². The first-order chi connectivity index (χ1) is 10.3. The summed E-state index contributed by atoms with van der Waals surface area (Å²) in [4.78, 5) is 2.43. The van der Waals surface area contributed by atoms with Gasteiger partial charge in [0.1, 0.15) is 23.8 Å². The second kappa shape index (κ2) is 6.35. The Morgan fingerprint density at radius 3 is 3.14 bits per heavy atom. The van der Waals surface area contributed by atoms with Crippen LogP contribution in [0.15, 0.2) is 23.4 Å². The summed E-state index contributed by atoms with van der Waals surface area (Å²) in [7, 11) is 2.20. The predicted molar refractivity (Wildman–Crippen MR) is 80.6 cm³/mol. The van der Waals surface area contributed by atoms with Gasteiger partial charge in [-0.15, -0.1) is 0 Å². The molecule has 2 aliphatic rings. The maximum atomic E-state index is 8.86. The van der Waals surface area contributed by atoms with Crippen molar-refractivity contribution < 1.29 is 14.7 Å². The molecule has 1 N–H and O–H groups in total. The van der Waals surface area contributed by atoms with E-state index in [2.05, 4.69) is 17.1 Å². The van der Waals surface area contributed by atoms with Crippen molar-refractivity contribution in [3.05, 3.63) is 23.8 Å². The van der Waals surface area contributed by atoms with Crippen molar-refractivity contribution in [2.45, 2.75) is 31.7 Å². The van der Waals surface area contributed by atoms with Crippen LogP contribution in [0.5, 0.6) is 11.5 Å². The van der Waals surface area contributed by atoms with E-state index < -0.39 is 0 Å². The minimum atomic E-state index is 0.322. The first kappa shape index (κ1) is 14.2. The van der Waals surface area contributed by atoms with E-state index in [-0.39, 0.29) is 0 Å². The Morgan fingerprint density at radius 2 is 2.33 bits per heavy atom. The van der Waals surface area contributed by atoms with E-state index in [1.165, 1.54) is 25.8 Å². The van der Waals surface area contributed by atoms with Crippen LogP contribution in [0.1, 0.15) is 31.2 Å². The molecule has 1 aromatic rings. The van der Waals surface area contributed by atoms with Gasteiger partial charge in [0.05, 0.1) is 6.61 Å². The van der Waals surface area contributed by atoms with Gasteiger partial charge in [-0.1, -0.05) is 11.6 Å². The number of benzene rings is 1. The molecule has 1 aromatic carbocycles. The number of likely N-dealkylation sites (tertiary alicyclic amines) is 1. The van der Waals surface area contributed by atoms with Crippen LogP contribution in [0.3, 0.4) is 0 Å². The van der Waals surface area contributed by atoms with Crippen molar-refractivity contribution in [2.24, 2.45) is 5.16 Å². The summed E-state index contributed by atoms with van der Waals surface area (Å²) in [5, 5.41) is 12.1. The highest BCUT2D eigenvalue weighted by atomic mass is 16.5. The lowest BCUT2D eigenvalue weighted by Gasteiger charge is -2.32. The maximum Gasteiger partial charge on any atom is 0.134 e. The molecule has 2 aliphatic heterocycles. The van der Waals surface area contributed by atoms with Crippen LogP contribution < -0.4 is 9.47 Å². The molecule has 1 fully saturated rings. The molecule has 0 amide bonds. The van der Waals surface area contributed by atoms with E-state index in [0.29, 0.717) is 18.4 Å². The number of hydrogen-bond donors (Lipinski definition) is 1. The standard InChI is InChI=1S/C16H22N2O3/c1-18-8-3-2-4-12(18)7-9-20-13-5-6-14-15(17-19)11-21-16(14)10-13/h5-6,10,12,19H,2-4,7-9,11H2,1H3/b17-15+. The summed E-state index contributed by atoms with van der Waals surface area (Å²) in [6, 6.07) is 6.30. The van der Waals surface area contributed by atoms with Crippen LogP contribution in [0.25, 0.3) is 0 Å². The number of hydrogen-bond acceptors (Lipinski definition) is 5. The summed E-state index contributed by atoms with van der Waals surface area (Å²) < 4.78 is 11.3. The molecule has 1 saturated heterocycles. The molecule has 21 heavy (non-hydrogen) atoms. The normalized spacial score (nSPS) is 23.9. The molecule has 5 heteroatoms. The zero-order valence-electron chi connectivity index (χ0n) is 12.4. The Bertz CT molecular complexity index is 530. The summed E-state index contributed by atoms with van der Waals surface area (Å²) in [5.41, 5.74) is 1.41. The summed E-state index contributed by atoms with van der Waals surface area (Å²) in [5.74, 6) is 1.54. The van der Waals surface area contributed by atoms with Crippen LogP contribution in [0, 0.1) is 0 Å². The van der Waals surface area contributed by atoms with Gasteiger partial charge in [0.2, 0.25) is 0 Å². The molecule has 0 radical (unpaired) electrons. The lowest BCUT2D eigenvalue weighted by molar-refractivity contribution is 0.153. The van der Waals surface area contributed by atoms with Crippen LogP contribution in [0.4, 0.5) is 0 Å². The molecule has 5 nitrogen and oxygen atoms in total. The minimum absolute atomic E-state index is 0.322. The van der Waals surface area contributed by atoms with E-state index in [0.717, 1.165) is 30.1 Å². The van der Waals surface area contributed by atoms with E-state index >= 15 is 0 Å². The average Bonchev–Trinajstić information content (AvgIpc) is 2.91. The zero-order valence-corrected chi connectivity index (χ0v) is 12.4. The van der Waals surface area contributed by atoms with Gasteiger partial charge in [-0.05, 0) is 45.0 Å². The second-order valence-electron chi connectivity index (χ2n) is 5.76. The number of fused-ring (bicyclic) bond motifs is 1. The van der Waals surface area contributed by atoms with Crippen LogP contribution in [-0.4, -0.2) is 48.7 Å². The van der Waals surface area contributed by atoms with Crippen molar-refractivity contribution in [2.75, 3.05) is 26.8 Å². The van der Waals surface area contributed by atoms with Gasteiger partial charge in [0.25, 0.3) is 0 Å². The number of rotatable bonds is 4. The first-order valence-corrected chi connectivity index (χ1v) is 7.59. The summed E-state index contributed by atoms with van der Waals surface area (Å²) >= 11 is 0. The van der Waals surface area contributed by atoms with E-state index in [1.807, 2.05) is 18.2 Å². The fraction of sp³-hybridized carbons (Fsp3) is 0.562. The SMILES string of the molecule is CN1CCCCC1CCOc1ccc2c(c1)OC/C2=N\O. The average molecular weight is 290 g/mol. The minimum Gasteiger partial charge on any atom is -0.493 e. The molecule has 0 aromatic heterocycles. The molecular weight excluding hydrogens is 268 g/mol. The fourth-order valence-electron chi connectivity index (χ4n) is 3.08. The van der Waals surface area contributed by atoms with Gasteiger partial charge in [0.15, 0.2) is 0 Å². The Morgan fingerprint density at radius 1 is 1.43 bits per heavy atom. The van der Waals surface area contributed by atoms with Crippen LogP contribution in [0.2, 0.25) is 0 Å². The third-order valence-corrected chi connectivity index (χ3v) is 4.39. The second-order valence-corrected chi connectivity index (χ2v) is 5.76. The van der Waals surface area contributed by atoms with Gasteiger partial charge in [-0.3, -0.25) is 0 Å². The molecule has 0 saturated carbocycles. The maximum absolute atomic E-state index is 8.86. The molecule has 1 atom stereocenters. The van der Waals surface area contributed by atoms with E-state index in [1.54, 1.807) is 0 Å². The van der Waals surface area contributed by atoms with Crippen molar-refractivity contribution >= 4 is 5.71 Å². The Hall–Kier alpha value is -1.75. The third kappa shape index (κ3) is 3.13. The van der Waals surface area contributed by atoms with Gasteiger partial charge in [0, 0.05) is 17.7 Å². The highest BCUT2D eigenvalue weighted by Crippen LogP contribution is 2.30. The highest BCUT2D eigenvalue weighted by Gasteiger charge is 2.21. The number of ether oxygens (including phenoxy) is 2. The quantitative estimate of drug-likeness (QED) is 0.684. The topological polar surface area (TPSA) is 54.3 Å².